The topological polar surface area (TPSA) is 198 Å². The normalized spacial score (nSPS) is 17.5. The standard InChI is InChI=1S/C30H46N6O8/c1-8-43-24(37)10-9-21(15-20-11-12-31-27(20)39)33-28(40)22(13-16(2)3)34-30(42)25(17(4)5)35-26(38)19(7)32-29(41)23-14-18(6)44-36-23/h9-10,14,16-17,19-22,25H,8,11-13,15H2,1-7H3,(H,31,39)(H,32,41)(H,33,40)(H,34,42)(H,35,38)/b10-9+. The molecule has 244 valence electrons. The molecule has 5 unspecified atom stereocenters. The average Bonchev–Trinajstić information content (AvgIpc) is 3.56. The summed E-state index contributed by atoms with van der Waals surface area (Å²) in [4.78, 5) is 76.4. The Morgan fingerprint density at radius 2 is 1.75 bits per heavy atom. The molecule has 1 aromatic rings. The van der Waals surface area contributed by atoms with Crippen molar-refractivity contribution >= 4 is 35.5 Å². The molecule has 0 saturated carbocycles. The number of carbonyl (C=O) groups excluding carboxylic acids is 6. The zero-order valence-electron chi connectivity index (χ0n) is 26.5. The van der Waals surface area contributed by atoms with Gasteiger partial charge in [0, 0.05) is 30.6 Å². The third-order valence-corrected chi connectivity index (χ3v) is 6.97. The number of amides is 5. The molecule has 44 heavy (non-hydrogen) atoms. The second-order valence-corrected chi connectivity index (χ2v) is 11.7. The molecule has 0 aliphatic carbocycles. The molecule has 14 nitrogen and oxygen atoms in total. The Morgan fingerprint density at radius 1 is 1.05 bits per heavy atom. The Bertz CT molecular complexity index is 1210. The summed E-state index contributed by atoms with van der Waals surface area (Å²) < 4.78 is 9.84. The van der Waals surface area contributed by atoms with Crippen LogP contribution in [0.15, 0.2) is 22.7 Å². The number of hydrogen-bond acceptors (Lipinski definition) is 9. The molecule has 1 aliphatic rings. The van der Waals surface area contributed by atoms with Crippen LogP contribution in [0.4, 0.5) is 0 Å². The Labute approximate surface area is 257 Å². The fourth-order valence-corrected chi connectivity index (χ4v) is 4.62. The molecule has 1 aliphatic heterocycles. The molecule has 0 aromatic carbocycles. The van der Waals surface area contributed by atoms with Gasteiger partial charge < -0.3 is 35.8 Å². The number of nitrogens with one attached hydrogen (secondary N) is 5. The van der Waals surface area contributed by atoms with Gasteiger partial charge in [-0.15, -0.1) is 0 Å². The summed E-state index contributed by atoms with van der Waals surface area (Å²) in [6, 6.07) is -2.22. The molecule has 14 heteroatoms. The van der Waals surface area contributed by atoms with Crippen molar-refractivity contribution in [2.24, 2.45) is 17.8 Å². The first-order chi connectivity index (χ1) is 20.7. The Balaban J connectivity index is 2.13. The van der Waals surface area contributed by atoms with Gasteiger partial charge in [-0.05, 0) is 51.9 Å². The Kier molecular flexibility index (Phi) is 14.0. The van der Waals surface area contributed by atoms with Crippen molar-refractivity contribution in [3.8, 4) is 0 Å². The summed E-state index contributed by atoms with van der Waals surface area (Å²) in [6.45, 7) is 12.8. The van der Waals surface area contributed by atoms with Crippen LogP contribution in [-0.4, -0.2) is 78.0 Å². The van der Waals surface area contributed by atoms with Crippen LogP contribution in [0.3, 0.4) is 0 Å². The third kappa shape index (κ3) is 11.5. The van der Waals surface area contributed by atoms with Gasteiger partial charge in [-0.2, -0.15) is 0 Å². The maximum Gasteiger partial charge on any atom is 0.330 e. The van der Waals surface area contributed by atoms with E-state index in [1.54, 1.807) is 27.7 Å². The molecule has 5 N–H and O–H groups in total. The summed E-state index contributed by atoms with van der Waals surface area (Å²) in [5.74, 6) is -3.23. The van der Waals surface area contributed by atoms with Gasteiger partial charge in [0.2, 0.25) is 23.6 Å². The predicted octanol–water partition coefficient (Wildman–Crippen LogP) is 0.903. The molecule has 2 heterocycles. The largest absolute Gasteiger partial charge is 0.463 e. The zero-order valence-corrected chi connectivity index (χ0v) is 26.5. The lowest BCUT2D eigenvalue weighted by molar-refractivity contribution is -0.137. The maximum absolute atomic E-state index is 13.5. The minimum Gasteiger partial charge on any atom is -0.463 e. The summed E-state index contributed by atoms with van der Waals surface area (Å²) in [5.41, 5.74) is 0.0202. The van der Waals surface area contributed by atoms with Crippen molar-refractivity contribution in [3.63, 3.8) is 0 Å². The van der Waals surface area contributed by atoms with Gasteiger partial charge in [0.25, 0.3) is 5.91 Å². The number of aromatic nitrogens is 1. The highest BCUT2D eigenvalue weighted by atomic mass is 16.5. The molecule has 1 fully saturated rings. The van der Waals surface area contributed by atoms with Gasteiger partial charge in [-0.1, -0.05) is 38.9 Å². The Hall–Kier alpha value is -4.23. The lowest BCUT2D eigenvalue weighted by Gasteiger charge is -2.28. The molecule has 0 bridgehead atoms. The minimum atomic E-state index is -1.01. The van der Waals surface area contributed by atoms with E-state index in [9.17, 15) is 28.8 Å². The minimum absolute atomic E-state index is 0.0164. The van der Waals surface area contributed by atoms with Gasteiger partial charge in [0.05, 0.1) is 6.61 Å². The smallest absolute Gasteiger partial charge is 0.330 e. The van der Waals surface area contributed by atoms with Gasteiger partial charge in [-0.3, -0.25) is 24.0 Å². The number of carbonyl (C=O) groups is 6. The number of nitrogens with zero attached hydrogens (tertiary/aromatic N) is 1. The number of aryl methyl sites for hydroxylation is 1. The predicted molar refractivity (Wildman–Crippen MR) is 160 cm³/mol. The van der Waals surface area contributed by atoms with Crippen LogP contribution in [0, 0.1) is 24.7 Å². The van der Waals surface area contributed by atoms with E-state index in [1.165, 1.54) is 25.1 Å². The van der Waals surface area contributed by atoms with Crippen LogP contribution in [-0.2, 0) is 28.7 Å². The van der Waals surface area contributed by atoms with E-state index >= 15 is 0 Å². The summed E-state index contributed by atoms with van der Waals surface area (Å²) in [6.07, 6.45) is 3.85. The molecule has 5 atom stereocenters. The van der Waals surface area contributed by atoms with E-state index in [0.29, 0.717) is 18.7 Å². The molecule has 1 saturated heterocycles. The lowest BCUT2D eigenvalue weighted by atomic mass is 9.96. The molecule has 5 amide bonds. The van der Waals surface area contributed by atoms with E-state index in [1.807, 2.05) is 13.8 Å². The van der Waals surface area contributed by atoms with Gasteiger partial charge >= 0.3 is 5.97 Å². The number of hydrogen-bond donors (Lipinski definition) is 5. The van der Waals surface area contributed by atoms with E-state index in [-0.39, 0.29) is 48.8 Å². The van der Waals surface area contributed by atoms with Crippen LogP contribution in [0.1, 0.15) is 77.1 Å². The van der Waals surface area contributed by atoms with Crippen LogP contribution in [0.2, 0.25) is 0 Å². The van der Waals surface area contributed by atoms with Gasteiger partial charge in [-0.25, -0.2) is 4.79 Å². The van der Waals surface area contributed by atoms with Crippen molar-refractivity contribution in [2.75, 3.05) is 13.2 Å². The SMILES string of the molecule is CCOC(=O)/C=C/C(CC1CCNC1=O)NC(=O)C(CC(C)C)NC(=O)C(NC(=O)C(C)NC(=O)c1cc(C)on1)C(C)C. The third-order valence-electron chi connectivity index (χ3n) is 6.97. The quantitative estimate of drug-likeness (QED) is 0.132. The highest BCUT2D eigenvalue weighted by Gasteiger charge is 2.33. The average molecular weight is 619 g/mol. The molecule has 1 aromatic heterocycles. The van der Waals surface area contributed by atoms with Gasteiger partial charge in [0.15, 0.2) is 5.69 Å². The van der Waals surface area contributed by atoms with Crippen molar-refractivity contribution in [3.05, 3.63) is 29.7 Å². The van der Waals surface area contributed by atoms with Crippen molar-refractivity contribution in [2.45, 2.75) is 91.9 Å². The first kappa shape index (κ1) is 36.0. The summed E-state index contributed by atoms with van der Waals surface area (Å²) >= 11 is 0. The fraction of sp³-hybridized carbons (Fsp3) is 0.633. The van der Waals surface area contributed by atoms with E-state index < -0.39 is 53.8 Å². The number of ether oxygens (including phenoxy) is 1. The van der Waals surface area contributed by atoms with Crippen LogP contribution in [0.5, 0.6) is 0 Å². The van der Waals surface area contributed by atoms with Crippen LogP contribution in [0.25, 0.3) is 0 Å². The Morgan fingerprint density at radius 3 is 2.30 bits per heavy atom. The van der Waals surface area contributed by atoms with E-state index in [4.69, 9.17) is 9.26 Å². The fourth-order valence-electron chi connectivity index (χ4n) is 4.62. The first-order valence-corrected chi connectivity index (χ1v) is 15.0. The van der Waals surface area contributed by atoms with Crippen LogP contribution < -0.4 is 26.6 Å². The lowest BCUT2D eigenvalue weighted by Crippen LogP contribution is -2.58. The summed E-state index contributed by atoms with van der Waals surface area (Å²) in [7, 11) is 0. The van der Waals surface area contributed by atoms with Crippen molar-refractivity contribution in [1.29, 1.82) is 0 Å². The highest BCUT2D eigenvalue weighted by molar-refractivity contribution is 5.97. The van der Waals surface area contributed by atoms with Crippen molar-refractivity contribution in [1.82, 2.24) is 31.7 Å². The van der Waals surface area contributed by atoms with E-state index in [2.05, 4.69) is 31.7 Å². The first-order valence-electron chi connectivity index (χ1n) is 15.0. The second-order valence-electron chi connectivity index (χ2n) is 11.7. The molecular weight excluding hydrogens is 572 g/mol. The van der Waals surface area contributed by atoms with Crippen molar-refractivity contribution < 1.29 is 38.0 Å². The molecular formula is C30H46N6O8. The summed E-state index contributed by atoms with van der Waals surface area (Å²) in [5, 5.41) is 17.2. The monoisotopic (exact) mass is 618 g/mol. The number of esters is 1. The van der Waals surface area contributed by atoms with Gasteiger partial charge in [0.1, 0.15) is 23.9 Å². The second kappa shape index (κ2) is 17.2. The van der Waals surface area contributed by atoms with E-state index in [0.717, 1.165) is 0 Å². The maximum atomic E-state index is 13.5. The molecule has 0 radical (unpaired) electrons. The molecule has 2 rings (SSSR count). The highest BCUT2D eigenvalue weighted by Crippen LogP contribution is 2.18. The number of rotatable bonds is 16. The molecule has 0 spiro atoms. The zero-order chi connectivity index (χ0) is 33.0. The van der Waals surface area contributed by atoms with Crippen LogP contribution >= 0.6 is 0 Å².